The van der Waals surface area contributed by atoms with E-state index in [1.807, 2.05) is 0 Å². The maximum absolute atomic E-state index is 15.2. The van der Waals surface area contributed by atoms with Gasteiger partial charge in [-0.25, -0.2) is 22.4 Å². The number of aliphatic hydroxyl groups excluding tert-OH is 1. The molecule has 2 aromatic carbocycles. The van der Waals surface area contributed by atoms with Crippen LogP contribution in [-0.4, -0.2) is 74.5 Å². The Bertz CT molecular complexity index is 1650. The molecule has 0 spiro atoms. The van der Waals surface area contributed by atoms with E-state index >= 15 is 4.39 Å². The molecule has 1 saturated heterocycles. The second-order valence-corrected chi connectivity index (χ2v) is 11.8. The molecule has 8 nitrogen and oxygen atoms in total. The molecule has 1 aliphatic heterocycles. The molecule has 0 radical (unpaired) electrons. The molecule has 6 rings (SSSR count). The van der Waals surface area contributed by atoms with Gasteiger partial charge in [0.1, 0.15) is 18.1 Å². The van der Waals surface area contributed by atoms with Crippen LogP contribution in [0.4, 0.5) is 17.6 Å². The smallest absolute Gasteiger partial charge is 0.335 e. The molecule has 2 heterocycles. The van der Waals surface area contributed by atoms with Crippen molar-refractivity contribution in [2.24, 2.45) is 5.92 Å². The summed E-state index contributed by atoms with van der Waals surface area (Å²) in [5.74, 6) is -4.20. The van der Waals surface area contributed by atoms with Gasteiger partial charge in [0.2, 0.25) is 12.3 Å². The van der Waals surface area contributed by atoms with Gasteiger partial charge in [-0.15, -0.1) is 0 Å². The first-order valence-corrected chi connectivity index (χ1v) is 14.2. The number of alkyl halides is 3. The van der Waals surface area contributed by atoms with Gasteiger partial charge in [0, 0.05) is 30.0 Å². The van der Waals surface area contributed by atoms with Crippen LogP contribution in [0.15, 0.2) is 36.4 Å². The lowest BCUT2D eigenvalue weighted by molar-refractivity contribution is -0.135. The SMILES string of the molecule is O=C(O)c1ccc(-c2nn(C(=O)c3c(Cl)cccc3C3(C(F)F)CC3)c3c2CCC(C(=O)N2C[C@@H](O)[C@@H](F)C2)C3)c(F)c1. The van der Waals surface area contributed by atoms with Crippen LogP contribution in [0.3, 0.4) is 0 Å². The largest absolute Gasteiger partial charge is 0.478 e. The number of carboxylic acid groups (broad SMARTS) is 1. The highest BCUT2D eigenvalue weighted by molar-refractivity contribution is 6.34. The minimum atomic E-state index is -2.75. The lowest BCUT2D eigenvalue weighted by atomic mass is 9.84. The van der Waals surface area contributed by atoms with Crippen LogP contribution in [-0.2, 0) is 23.1 Å². The zero-order valence-corrected chi connectivity index (χ0v) is 23.3. The fourth-order valence-electron chi connectivity index (χ4n) is 6.23. The van der Waals surface area contributed by atoms with Gasteiger partial charge < -0.3 is 15.1 Å². The van der Waals surface area contributed by atoms with E-state index in [2.05, 4.69) is 5.10 Å². The molecule has 1 unspecified atom stereocenters. The lowest BCUT2D eigenvalue weighted by Crippen LogP contribution is -2.38. The Kier molecular flexibility index (Phi) is 7.32. The molecular weight excluding hydrogens is 594 g/mol. The highest BCUT2D eigenvalue weighted by Gasteiger charge is 2.54. The summed E-state index contributed by atoms with van der Waals surface area (Å²) in [4.78, 5) is 40.1. The molecule has 2 aliphatic carbocycles. The standard InChI is InChI=1S/C30H26ClF4N3O5/c31-19-3-1-2-18(30(8-9-30)29(34)35)24(19)27(41)38-22-11-14(26(40)37-12-21(33)23(39)13-37)4-7-17(22)25(36-38)16-6-5-15(28(42)43)10-20(16)32/h1-3,5-6,10,14,21,23,29,39H,4,7-9,11-13H2,(H,42,43)/t14?,21-,23+/m0/s1. The van der Waals surface area contributed by atoms with Gasteiger partial charge >= 0.3 is 5.97 Å². The topological polar surface area (TPSA) is 113 Å². The number of aromatic carboxylic acids is 1. The fourth-order valence-corrected chi connectivity index (χ4v) is 6.49. The zero-order chi connectivity index (χ0) is 30.8. The van der Waals surface area contributed by atoms with E-state index in [0.717, 1.165) is 10.7 Å². The third-order valence-corrected chi connectivity index (χ3v) is 9.10. The summed E-state index contributed by atoms with van der Waals surface area (Å²) in [5.41, 5.74) is -1.27. The number of benzene rings is 2. The van der Waals surface area contributed by atoms with Crippen molar-refractivity contribution in [2.75, 3.05) is 13.1 Å². The van der Waals surface area contributed by atoms with Crippen LogP contribution in [0.2, 0.25) is 5.02 Å². The number of aliphatic hydroxyl groups is 1. The molecule has 3 aromatic rings. The number of nitrogens with zero attached hydrogens (tertiary/aromatic N) is 3. The summed E-state index contributed by atoms with van der Waals surface area (Å²) in [6, 6.07) is 7.57. The van der Waals surface area contributed by atoms with Crippen LogP contribution in [0.25, 0.3) is 11.3 Å². The van der Waals surface area contributed by atoms with E-state index in [0.29, 0.717) is 5.56 Å². The third kappa shape index (κ3) is 4.90. The average Bonchev–Trinajstić information content (AvgIpc) is 3.61. The lowest BCUT2D eigenvalue weighted by Gasteiger charge is -2.27. The van der Waals surface area contributed by atoms with Crippen molar-refractivity contribution in [3.63, 3.8) is 0 Å². The Balaban J connectivity index is 1.46. The van der Waals surface area contributed by atoms with Crippen LogP contribution >= 0.6 is 11.6 Å². The van der Waals surface area contributed by atoms with Gasteiger partial charge in [-0.3, -0.25) is 9.59 Å². The first kappa shape index (κ1) is 29.3. The second-order valence-electron chi connectivity index (χ2n) is 11.4. The number of carbonyl (C=O) groups is 3. The normalized spacial score (nSPS) is 22.5. The number of rotatable bonds is 6. The molecule has 13 heteroatoms. The van der Waals surface area contributed by atoms with Gasteiger partial charge in [0.15, 0.2) is 0 Å². The van der Waals surface area contributed by atoms with Crippen LogP contribution in [0.1, 0.15) is 56.8 Å². The Morgan fingerprint density at radius 3 is 2.47 bits per heavy atom. The number of amides is 1. The van der Waals surface area contributed by atoms with Gasteiger partial charge in [0.05, 0.1) is 39.5 Å². The Labute approximate surface area is 247 Å². The van der Waals surface area contributed by atoms with Crippen LogP contribution < -0.4 is 0 Å². The monoisotopic (exact) mass is 619 g/mol. The van der Waals surface area contributed by atoms with E-state index in [1.165, 1.54) is 35.2 Å². The van der Waals surface area contributed by atoms with Crippen molar-refractivity contribution < 1.29 is 42.2 Å². The number of carboxylic acids is 1. The second kappa shape index (κ2) is 10.7. The van der Waals surface area contributed by atoms with Crippen molar-refractivity contribution in [2.45, 2.75) is 56.2 Å². The molecule has 2 fully saturated rings. The average molecular weight is 620 g/mol. The molecule has 3 atom stereocenters. The third-order valence-electron chi connectivity index (χ3n) is 8.79. The summed E-state index contributed by atoms with van der Waals surface area (Å²) >= 11 is 6.44. The molecular formula is C30H26ClF4N3O5. The van der Waals surface area contributed by atoms with Crippen molar-refractivity contribution >= 4 is 29.4 Å². The number of hydrogen-bond acceptors (Lipinski definition) is 5. The van der Waals surface area contributed by atoms with Crippen LogP contribution in [0, 0.1) is 11.7 Å². The molecule has 2 N–H and O–H groups in total. The molecule has 1 amide bonds. The Hall–Kier alpha value is -3.77. The van der Waals surface area contributed by atoms with Gasteiger partial charge in [-0.1, -0.05) is 23.7 Å². The molecule has 1 aromatic heterocycles. The summed E-state index contributed by atoms with van der Waals surface area (Å²) in [6.07, 6.45) is -4.96. The molecule has 3 aliphatic rings. The van der Waals surface area contributed by atoms with Crippen molar-refractivity contribution in [3.8, 4) is 11.3 Å². The maximum atomic E-state index is 15.2. The number of halogens is 5. The molecule has 43 heavy (non-hydrogen) atoms. The number of fused-ring (bicyclic) bond motifs is 1. The van der Waals surface area contributed by atoms with Crippen molar-refractivity contribution in [3.05, 3.63) is 75.2 Å². The molecule has 1 saturated carbocycles. The minimum absolute atomic E-state index is 0.0488. The number of carbonyl (C=O) groups excluding carboxylic acids is 2. The van der Waals surface area contributed by atoms with Crippen LogP contribution in [0.5, 0.6) is 0 Å². The first-order chi connectivity index (χ1) is 20.4. The Morgan fingerprint density at radius 1 is 1.12 bits per heavy atom. The number of hydrogen-bond donors (Lipinski definition) is 2. The van der Waals surface area contributed by atoms with E-state index in [-0.39, 0.29) is 83.9 Å². The summed E-state index contributed by atoms with van der Waals surface area (Å²) in [6.45, 7) is -0.445. The van der Waals surface area contributed by atoms with Gasteiger partial charge in [-0.05, 0) is 55.5 Å². The molecule has 0 bridgehead atoms. The summed E-state index contributed by atoms with van der Waals surface area (Å²) < 4.78 is 58.5. The number of likely N-dealkylation sites (tertiary alicyclic amines) is 1. The minimum Gasteiger partial charge on any atom is -0.478 e. The van der Waals surface area contributed by atoms with Gasteiger partial charge in [-0.2, -0.15) is 9.78 Å². The highest BCUT2D eigenvalue weighted by atomic mass is 35.5. The number of aromatic nitrogens is 2. The van der Waals surface area contributed by atoms with E-state index in [4.69, 9.17) is 11.6 Å². The maximum Gasteiger partial charge on any atom is 0.335 e. The fraction of sp³-hybridized carbons (Fsp3) is 0.400. The van der Waals surface area contributed by atoms with E-state index < -0.39 is 53.6 Å². The Morgan fingerprint density at radius 2 is 1.86 bits per heavy atom. The predicted octanol–water partition coefficient (Wildman–Crippen LogP) is 4.67. The quantitative estimate of drug-likeness (QED) is 0.388. The predicted molar refractivity (Wildman–Crippen MR) is 146 cm³/mol. The van der Waals surface area contributed by atoms with E-state index in [9.17, 15) is 37.8 Å². The first-order valence-electron chi connectivity index (χ1n) is 13.8. The zero-order valence-electron chi connectivity index (χ0n) is 22.6. The number of β-amino-alcohol motifs (C(OH)–C–C–N with tert-alkyl or cyclic N) is 1. The summed E-state index contributed by atoms with van der Waals surface area (Å²) in [5, 5.41) is 23.4. The summed E-state index contributed by atoms with van der Waals surface area (Å²) in [7, 11) is 0. The van der Waals surface area contributed by atoms with E-state index in [1.54, 1.807) is 0 Å². The van der Waals surface area contributed by atoms with Gasteiger partial charge in [0.25, 0.3) is 5.91 Å². The highest BCUT2D eigenvalue weighted by Crippen LogP contribution is 2.54. The van der Waals surface area contributed by atoms with Crippen molar-refractivity contribution in [1.82, 2.24) is 14.7 Å². The van der Waals surface area contributed by atoms with Crippen molar-refractivity contribution in [1.29, 1.82) is 0 Å². The molecule has 226 valence electrons.